The van der Waals surface area contributed by atoms with Crippen LogP contribution in [0.5, 0.6) is 0 Å². The predicted molar refractivity (Wildman–Crippen MR) is 211 cm³/mol. The maximum absolute atomic E-state index is 14.6. The molecule has 14 atom stereocenters. The first kappa shape index (κ1) is 44.1. The molecule has 3 aliphatic heterocycles. The Balaban J connectivity index is 1.58. The Morgan fingerprint density at radius 2 is 1.75 bits per heavy atom. The molecule has 3 fully saturated rings. The lowest BCUT2D eigenvalue weighted by Crippen LogP contribution is -2.59. The summed E-state index contributed by atoms with van der Waals surface area (Å²) in [4.78, 5) is 62.5. The molecular formula is C44H59N3O10. The highest BCUT2D eigenvalue weighted by molar-refractivity contribution is 6.00. The lowest BCUT2D eigenvalue weighted by Gasteiger charge is -2.47. The van der Waals surface area contributed by atoms with E-state index in [4.69, 9.17) is 23.7 Å². The fourth-order valence-corrected chi connectivity index (χ4v) is 9.32. The molecular weight excluding hydrogens is 730 g/mol. The molecule has 13 heteroatoms. The van der Waals surface area contributed by atoms with E-state index in [1.54, 1.807) is 47.7 Å². The minimum atomic E-state index is -1.52. The number of hydrogen-bond acceptors (Lipinski definition) is 13. The van der Waals surface area contributed by atoms with Crippen molar-refractivity contribution in [2.45, 2.75) is 123 Å². The number of nitriles is 1. The number of hydrogen-bond donors (Lipinski definition) is 1. The van der Waals surface area contributed by atoms with Crippen molar-refractivity contribution >= 4 is 40.5 Å². The second-order valence-electron chi connectivity index (χ2n) is 16.9. The number of ether oxygens (including phenoxy) is 5. The van der Waals surface area contributed by atoms with E-state index in [1.165, 1.54) is 6.92 Å². The van der Waals surface area contributed by atoms with E-state index in [0.717, 1.165) is 16.5 Å². The largest absolute Gasteiger partial charge is 0.458 e. The van der Waals surface area contributed by atoms with Gasteiger partial charge in [0.2, 0.25) is 0 Å². The van der Waals surface area contributed by atoms with Crippen LogP contribution in [0.2, 0.25) is 0 Å². The van der Waals surface area contributed by atoms with E-state index in [2.05, 4.69) is 4.98 Å². The summed E-state index contributed by atoms with van der Waals surface area (Å²) in [5, 5.41) is 22.8. The van der Waals surface area contributed by atoms with Gasteiger partial charge in [0.1, 0.15) is 23.9 Å². The molecule has 0 spiro atoms. The van der Waals surface area contributed by atoms with Gasteiger partial charge in [-0.1, -0.05) is 58.0 Å². The van der Waals surface area contributed by atoms with Crippen LogP contribution in [0.1, 0.15) is 80.2 Å². The number of Topliss-reactive ketones (excluding diaryl/α,β-unsaturated/α-hetero) is 2. The summed E-state index contributed by atoms with van der Waals surface area (Å²) in [5.74, 6) is -8.61. The molecule has 1 aromatic heterocycles. The smallest absolute Gasteiger partial charge is 0.324 e. The molecule has 4 heterocycles. The highest BCUT2D eigenvalue weighted by atomic mass is 16.7. The maximum atomic E-state index is 14.6. The predicted octanol–water partition coefficient (Wildman–Crippen LogP) is 5.31. The number of aliphatic hydroxyl groups is 1. The first-order valence-corrected chi connectivity index (χ1v) is 20.1. The molecule has 0 amide bonds. The number of esters is 2. The number of benzene rings is 1. The number of rotatable bonds is 8. The van der Waals surface area contributed by atoms with Crippen LogP contribution >= 0.6 is 0 Å². The van der Waals surface area contributed by atoms with Crippen molar-refractivity contribution in [2.75, 3.05) is 20.7 Å². The minimum Gasteiger partial charge on any atom is -0.458 e. The summed E-state index contributed by atoms with van der Waals surface area (Å²) in [6, 6.07) is 11.5. The van der Waals surface area contributed by atoms with Gasteiger partial charge in [0.25, 0.3) is 0 Å². The lowest BCUT2D eigenvalue weighted by atomic mass is 9.67. The van der Waals surface area contributed by atoms with Gasteiger partial charge in [0, 0.05) is 41.3 Å². The van der Waals surface area contributed by atoms with E-state index in [-0.39, 0.29) is 37.4 Å². The summed E-state index contributed by atoms with van der Waals surface area (Å²) in [6.45, 7) is 13.5. The van der Waals surface area contributed by atoms with Crippen molar-refractivity contribution in [3.63, 3.8) is 0 Å². The number of carbonyl (C=O) groups is 4. The number of pyridine rings is 1. The zero-order chi connectivity index (χ0) is 42.0. The minimum absolute atomic E-state index is 0.0349. The van der Waals surface area contributed by atoms with Crippen LogP contribution in [-0.4, -0.2) is 107 Å². The number of ketones is 2. The van der Waals surface area contributed by atoms with Gasteiger partial charge >= 0.3 is 11.9 Å². The average molecular weight is 790 g/mol. The molecule has 57 heavy (non-hydrogen) atoms. The molecule has 2 unspecified atom stereocenters. The summed E-state index contributed by atoms with van der Waals surface area (Å²) < 4.78 is 31.5. The quantitative estimate of drug-likeness (QED) is 0.269. The Morgan fingerprint density at radius 1 is 1.04 bits per heavy atom. The third kappa shape index (κ3) is 9.00. The van der Waals surface area contributed by atoms with Gasteiger partial charge in [-0.25, -0.2) is 0 Å². The van der Waals surface area contributed by atoms with Gasteiger partial charge in [0.15, 0.2) is 23.6 Å². The topological polar surface area (TPSA) is 175 Å². The average Bonchev–Trinajstić information content (AvgIpc) is 3.45. The van der Waals surface area contributed by atoms with Crippen molar-refractivity contribution in [1.82, 2.24) is 9.88 Å². The Hall–Kier alpha value is -4.06. The van der Waals surface area contributed by atoms with Gasteiger partial charge in [-0.3, -0.25) is 24.2 Å². The van der Waals surface area contributed by atoms with Gasteiger partial charge in [0.05, 0.1) is 36.0 Å². The molecule has 1 N–H and O–H groups in total. The number of cyclic esters (lactones) is 1. The Kier molecular flexibility index (Phi) is 13.8. The van der Waals surface area contributed by atoms with Gasteiger partial charge in [-0.05, 0) is 78.7 Å². The fourth-order valence-electron chi connectivity index (χ4n) is 9.32. The standard InChI is InChI=1S/C44H59N3O10/c1-11-34-44(8)35(31(23-45)41(52)57-44)26(4)36(48)24(2)22-43(7,53-19-13-14-29-16-17-30-15-12-18-46-32(30)21-29)39(27(5)37(49)28(6)40(51)55-34)56-42-38(50)33(47(9)10)20-25(3)54-42/h12-18,21,24-28,31,33-35,38-39,42,50H,11,19-20,22H2,1-10H3/b14-13+/t24-,25-,26-,27+,28-,31?,33?,34-,35+,38-,39-,42+,43-,44-/m1/s1. The first-order chi connectivity index (χ1) is 26.9. The van der Waals surface area contributed by atoms with Crippen molar-refractivity contribution in [1.29, 1.82) is 5.26 Å². The number of carbonyl (C=O) groups excluding carboxylic acids is 4. The third-order valence-corrected chi connectivity index (χ3v) is 12.5. The second-order valence-corrected chi connectivity index (χ2v) is 16.9. The van der Waals surface area contributed by atoms with Crippen molar-refractivity contribution in [3.05, 3.63) is 48.2 Å². The van der Waals surface area contributed by atoms with Crippen LogP contribution < -0.4 is 0 Å². The van der Waals surface area contributed by atoms with E-state index < -0.39 is 89.0 Å². The van der Waals surface area contributed by atoms with Crippen LogP contribution in [-0.2, 0) is 42.9 Å². The SMILES string of the molecule is CC[C@H]1OC(=O)[C@H](C)C(=O)[C@H](C)[C@@H](O[C@@H]2O[C@H](C)CC(N(C)C)[C@H]2O)[C@](C)(OC/C=C/c2ccc3cccnc3c2)C[C@@H](C)C(=O)[C@H](C)[C@H]2C(C#N)C(=O)O[C@@]21C. The molecule has 1 aromatic carbocycles. The summed E-state index contributed by atoms with van der Waals surface area (Å²) in [6.07, 6.45) is 1.43. The van der Waals surface area contributed by atoms with E-state index in [0.29, 0.717) is 6.42 Å². The highest BCUT2D eigenvalue weighted by Gasteiger charge is 2.62. The number of aliphatic hydroxyl groups excluding tert-OH is 1. The van der Waals surface area contributed by atoms with Crippen molar-refractivity contribution in [3.8, 4) is 6.07 Å². The van der Waals surface area contributed by atoms with E-state index in [9.17, 15) is 29.5 Å². The molecule has 5 rings (SSSR count). The zero-order valence-corrected chi connectivity index (χ0v) is 34.8. The lowest BCUT2D eigenvalue weighted by molar-refractivity contribution is -0.296. The molecule has 0 radical (unpaired) electrons. The number of likely N-dealkylation sites (N-methyl/N-ethyl adjacent to an activating group) is 1. The van der Waals surface area contributed by atoms with Crippen molar-refractivity contribution in [2.24, 2.45) is 35.5 Å². The van der Waals surface area contributed by atoms with Gasteiger partial charge < -0.3 is 33.7 Å². The Morgan fingerprint density at radius 3 is 2.42 bits per heavy atom. The summed E-state index contributed by atoms with van der Waals surface area (Å²) in [7, 11) is 3.72. The summed E-state index contributed by atoms with van der Waals surface area (Å²) in [5.41, 5.74) is -1.20. The second kappa shape index (κ2) is 17.8. The maximum Gasteiger partial charge on any atom is 0.324 e. The molecule has 0 aliphatic carbocycles. The van der Waals surface area contributed by atoms with Crippen LogP contribution in [0.3, 0.4) is 0 Å². The number of fused-ring (bicyclic) bond motifs is 2. The number of nitrogens with zero attached hydrogens (tertiary/aromatic N) is 3. The van der Waals surface area contributed by atoms with Crippen molar-refractivity contribution < 1.29 is 48.0 Å². The Labute approximate surface area is 336 Å². The van der Waals surface area contributed by atoms with E-state index in [1.807, 2.05) is 74.5 Å². The van der Waals surface area contributed by atoms with Crippen LogP contribution in [0.15, 0.2) is 42.6 Å². The van der Waals surface area contributed by atoms with Crippen LogP contribution in [0.4, 0.5) is 0 Å². The highest BCUT2D eigenvalue weighted by Crippen LogP contribution is 2.48. The van der Waals surface area contributed by atoms with Crippen LogP contribution in [0, 0.1) is 46.8 Å². The summed E-state index contributed by atoms with van der Waals surface area (Å²) >= 11 is 0. The van der Waals surface area contributed by atoms with Gasteiger partial charge in [-0.15, -0.1) is 0 Å². The molecule has 3 aliphatic rings. The molecule has 0 bridgehead atoms. The zero-order valence-electron chi connectivity index (χ0n) is 34.8. The monoisotopic (exact) mass is 789 g/mol. The molecule has 310 valence electrons. The molecule has 0 saturated carbocycles. The van der Waals surface area contributed by atoms with E-state index >= 15 is 0 Å². The molecule has 2 aromatic rings. The van der Waals surface area contributed by atoms with Crippen LogP contribution in [0.25, 0.3) is 17.0 Å². The number of aromatic nitrogens is 1. The fraction of sp³-hybridized carbons (Fsp3) is 0.636. The third-order valence-electron chi connectivity index (χ3n) is 12.5. The molecule has 13 nitrogen and oxygen atoms in total. The molecule has 3 saturated heterocycles. The Bertz CT molecular complexity index is 1880. The van der Waals surface area contributed by atoms with Gasteiger partial charge in [-0.2, -0.15) is 5.26 Å². The first-order valence-electron chi connectivity index (χ1n) is 20.1. The normalized spacial score (nSPS) is 38.4.